The smallest absolute Gasteiger partial charge is 0.226 e. The number of benzene rings is 1. The molecule has 46 heavy (non-hydrogen) atoms. The van der Waals surface area contributed by atoms with Crippen molar-refractivity contribution in [3.8, 4) is 0 Å². The second kappa shape index (κ2) is 18.6. The van der Waals surface area contributed by atoms with Gasteiger partial charge in [0.2, 0.25) is 11.8 Å². The van der Waals surface area contributed by atoms with Gasteiger partial charge in [-0.3, -0.25) is 14.4 Å². The van der Waals surface area contributed by atoms with E-state index in [1.165, 1.54) is 6.92 Å². The van der Waals surface area contributed by atoms with Gasteiger partial charge in [-0.25, -0.2) is 0 Å². The molecule has 0 aromatic heterocycles. The number of likely N-dealkylation sites (N-methyl/N-ethyl adjacent to an activating group) is 1. The Labute approximate surface area is 277 Å². The molecule has 9 atom stereocenters. The Morgan fingerprint density at radius 3 is 2.11 bits per heavy atom. The van der Waals surface area contributed by atoms with Crippen LogP contribution < -0.4 is 0 Å². The first-order chi connectivity index (χ1) is 21.7. The molecule has 260 valence electrons. The molecule has 1 saturated heterocycles. The molecule has 1 N–H and O–H groups in total. The minimum Gasteiger partial charge on any atom is -0.388 e. The van der Waals surface area contributed by atoms with Gasteiger partial charge >= 0.3 is 0 Å². The highest BCUT2D eigenvalue weighted by Crippen LogP contribution is 2.32. The molecule has 9 nitrogen and oxygen atoms in total. The van der Waals surface area contributed by atoms with Gasteiger partial charge in [0.15, 0.2) is 0 Å². The summed E-state index contributed by atoms with van der Waals surface area (Å²) in [7, 11) is 4.92. The Morgan fingerprint density at radius 1 is 0.957 bits per heavy atom. The van der Waals surface area contributed by atoms with Crippen LogP contribution >= 0.6 is 0 Å². The van der Waals surface area contributed by atoms with Crippen molar-refractivity contribution in [2.24, 2.45) is 29.6 Å². The second-order valence-electron chi connectivity index (χ2n) is 13.8. The number of ketones is 2. The van der Waals surface area contributed by atoms with Gasteiger partial charge in [-0.05, 0) is 43.1 Å². The van der Waals surface area contributed by atoms with Gasteiger partial charge in [-0.15, -0.1) is 0 Å². The van der Waals surface area contributed by atoms with E-state index in [1.54, 1.807) is 26.2 Å². The summed E-state index contributed by atoms with van der Waals surface area (Å²) in [5.41, 5.74) is 0.778. The standard InChI is InChI=1S/C37H60N2O7/c1-11-24(4)34(38(8)37(44)29(23(2)3)21-26(6)40)32(45-9)22-33(42)39-19-15-18-30(39)36(46-10)27(7)31(41)20-25(5)35(43)28-16-13-12-14-17-28/h12-14,16-17,23-25,27,29-30,32,34-36,43H,11,15,18-22H2,1-10H3/t24-,25-,27-,29-,30-,32+,34-,35+,36+/m0/s1. The number of aliphatic hydroxyl groups is 1. The number of carbonyl (C=O) groups excluding carboxylic acids is 4. The molecule has 2 rings (SSSR count). The van der Waals surface area contributed by atoms with Crippen molar-refractivity contribution >= 4 is 23.4 Å². The number of methoxy groups -OCH3 is 2. The summed E-state index contributed by atoms with van der Waals surface area (Å²) in [6.07, 6.45) is 0.957. The molecule has 2 amide bonds. The normalized spacial score (nSPS) is 20.3. The molecule has 1 fully saturated rings. The van der Waals surface area contributed by atoms with E-state index >= 15 is 0 Å². The van der Waals surface area contributed by atoms with E-state index in [4.69, 9.17) is 9.47 Å². The first-order valence-corrected chi connectivity index (χ1v) is 17.1. The SMILES string of the molecule is CC[C@H](C)[C@@H]([C@@H](CC(=O)N1CCC[C@H]1[C@H](OC)[C@@H](C)C(=O)C[C@H](C)[C@@H](O)c1ccccc1)OC)N(C)C(=O)[C@@H](CC(C)=O)C(C)C. The molecular formula is C37H60N2O7. The van der Waals surface area contributed by atoms with Crippen molar-refractivity contribution in [2.45, 2.75) is 117 Å². The molecule has 9 heteroatoms. The number of hydrogen-bond donors (Lipinski definition) is 1. The highest BCUT2D eigenvalue weighted by atomic mass is 16.5. The average Bonchev–Trinajstić information content (AvgIpc) is 3.52. The number of nitrogens with zero attached hydrogens (tertiary/aromatic N) is 2. The number of carbonyl (C=O) groups is 4. The first kappa shape index (κ1) is 39.6. The van der Waals surface area contributed by atoms with Crippen LogP contribution in [0.25, 0.3) is 0 Å². The van der Waals surface area contributed by atoms with Crippen LogP contribution in [0.4, 0.5) is 0 Å². The highest BCUT2D eigenvalue weighted by molar-refractivity contribution is 5.86. The topological polar surface area (TPSA) is 113 Å². The van der Waals surface area contributed by atoms with Crippen LogP contribution in [0.3, 0.4) is 0 Å². The number of rotatable bonds is 19. The Hall–Kier alpha value is -2.62. The lowest BCUT2D eigenvalue weighted by molar-refractivity contribution is -0.148. The Balaban J connectivity index is 2.21. The van der Waals surface area contributed by atoms with Gasteiger partial charge < -0.3 is 29.2 Å². The number of aliphatic hydroxyl groups excluding tert-OH is 1. The van der Waals surface area contributed by atoms with Crippen molar-refractivity contribution < 1.29 is 33.8 Å². The molecule has 1 aromatic carbocycles. The zero-order valence-electron chi connectivity index (χ0n) is 29.9. The largest absolute Gasteiger partial charge is 0.388 e. The van der Waals surface area contributed by atoms with Gasteiger partial charge in [0.25, 0.3) is 0 Å². The van der Waals surface area contributed by atoms with Crippen molar-refractivity contribution in [3.05, 3.63) is 35.9 Å². The Bertz CT molecular complexity index is 1130. The van der Waals surface area contributed by atoms with E-state index in [2.05, 4.69) is 13.8 Å². The summed E-state index contributed by atoms with van der Waals surface area (Å²) >= 11 is 0. The summed E-state index contributed by atoms with van der Waals surface area (Å²) in [5.74, 6) is -1.40. The third-order valence-electron chi connectivity index (χ3n) is 10.2. The van der Waals surface area contributed by atoms with Crippen molar-refractivity contribution in [2.75, 3.05) is 27.8 Å². The molecular weight excluding hydrogens is 584 g/mol. The summed E-state index contributed by atoms with van der Waals surface area (Å²) in [6.45, 7) is 13.8. The summed E-state index contributed by atoms with van der Waals surface area (Å²) in [6, 6.07) is 8.71. The molecule has 0 aliphatic carbocycles. The molecule has 1 aliphatic heterocycles. The number of hydrogen-bond acceptors (Lipinski definition) is 7. The molecule has 1 aromatic rings. The predicted octanol–water partition coefficient (Wildman–Crippen LogP) is 5.49. The van der Waals surface area contributed by atoms with Crippen LogP contribution in [0.2, 0.25) is 0 Å². The lowest BCUT2D eigenvalue weighted by Crippen LogP contribution is -2.54. The molecule has 0 radical (unpaired) electrons. The molecule has 0 unspecified atom stereocenters. The quantitative estimate of drug-likeness (QED) is 0.212. The fraction of sp³-hybridized carbons (Fsp3) is 0.730. The zero-order chi connectivity index (χ0) is 34.7. The van der Waals surface area contributed by atoms with E-state index < -0.39 is 30.1 Å². The van der Waals surface area contributed by atoms with Crippen LogP contribution in [-0.2, 0) is 28.7 Å². The lowest BCUT2D eigenvalue weighted by Gasteiger charge is -2.40. The minimum atomic E-state index is -0.754. The lowest BCUT2D eigenvalue weighted by atomic mass is 9.85. The van der Waals surface area contributed by atoms with E-state index in [-0.39, 0.29) is 72.5 Å². The van der Waals surface area contributed by atoms with Gasteiger partial charge in [0.05, 0.1) is 36.8 Å². The number of amides is 2. The highest BCUT2D eigenvalue weighted by Gasteiger charge is 2.42. The van der Waals surface area contributed by atoms with Crippen molar-refractivity contribution in [1.29, 1.82) is 0 Å². The Morgan fingerprint density at radius 2 is 1.59 bits per heavy atom. The summed E-state index contributed by atoms with van der Waals surface area (Å²) in [5, 5.41) is 10.8. The van der Waals surface area contributed by atoms with E-state index in [0.29, 0.717) is 6.54 Å². The maximum Gasteiger partial charge on any atom is 0.226 e. The van der Waals surface area contributed by atoms with Crippen LogP contribution in [0.15, 0.2) is 30.3 Å². The van der Waals surface area contributed by atoms with Gasteiger partial charge in [-0.1, -0.05) is 78.3 Å². The number of ether oxygens (including phenoxy) is 2. The average molecular weight is 645 g/mol. The van der Waals surface area contributed by atoms with Crippen LogP contribution in [0.5, 0.6) is 0 Å². The van der Waals surface area contributed by atoms with E-state index in [9.17, 15) is 24.3 Å². The van der Waals surface area contributed by atoms with Crippen LogP contribution in [0, 0.1) is 29.6 Å². The van der Waals surface area contributed by atoms with E-state index in [0.717, 1.165) is 24.8 Å². The molecule has 0 bridgehead atoms. The number of likely N-dealkylation sites (tertiary alicyclic amines) is 1. The monoisotopic (exact) mass is 644 g/mol. The van der Waals surface area contributed by atoms with Crippen molar-refractivity contribution in [3.63, 3.8) is 0 Å². The molecule has 0 saturated carbocycles. The maximum absolute atomic E-state index is 14.0. The van der Waals surface area contributed by atoms with Crippen LogP contribution in [0.1, 0.15) is 98.7 Å². The molecule has 1 aliphatic rings. The second-order valence-corrected chi connectivity index (χ2v) is 13.8. The Kier molecular flexibility index (Phi) is 16.0. The van der Waals surface area contributed by atoms with Gasteiger partial charge in [0, 0.05) is 52.5 Å². The minimum absolute atomic E-state index is 0.00867. The third-order valence-corrected chi connectivity index (χ3v) is 10.2. The third kappa shape index (κ3) is 10.2. The van der Waals surface area contributed by atoms with Gasteiger partial charge in [-0.2, -0.15) is 0 Å². The first-order valence-electron chi connectivity index (χ1n) is 17.1. The van der Waals surface area contributed by atoms with Gasteiger partial charge in [0.1, 0.15) is 11.6 Å². The molecule has 0 spiro atoms. The fourth-order valence-corrected chi connectivity index (χ4v) is 7.11. The van der Waals surface area contributed by atoms with E-state index in [1.807, 2.05) is 62.9 Å². The van der Waals surface area contributed by atoms with Crippen molar-refractivity contribution in [1.82, 2.24) is 9.80 Å². The fourth-order valence-electron chi connectivity index (χ4n) is 7.11. The summed E-state index contributed by atoms with van der Waals surface area (Å²) < 4.78 is 11.9. The summed E-state index contributed by atoms with van der Waals surface area (Å²) in [4.78, 5) is 56.7. The predicted molar refractivity (Wildman–Crippen MR) is 180 cm³/mol. The number of Topliss-reactive ketones (excluding diaryl/α,β-unsaturated/α-hetero) is 2. The zero-order valence-corrected chi connectivity index (χ0v) is 29.9. The molecule has 1 heterocycles. The maximum atomic E-state index is 14.0. The van der Waals surface area contributed by atoms with Crippen LogP contribution in [-0.4, -0.2) is 90.4 Å².